The SMILES string of the molecule is O=C(/C=C/c1ccc(O)cc1)c1c(O)cc(OP(=O)([O-])Oc2cc(O)c(C(=O)/C=C/c3ccc(O)cc3)c(O)c2)cc1O.[Na+]. The van der Waals surface area contributed by atoms with Crippen molar-refractivity contribution in [3.05, 3.63) is 107 Å². The smallest absolute Gasteiger partial charge is 0.736 e. The number of hydrogen-bond donors (Lipinski definition) is 6. The minimum Gasteiger partial charge on any atom is -0.736 e. The van der Waals surface area contributed by atoms with E-state index in [0.717, 1.165) is 36.4 Å². The van der Waals surface area contributed by atoms with Crippen LogP contribution in [-0.2, 0) is 4.57 Å². The summed E-state index contributed by atoms with van der Waals surface area (Å²) in [6, 6.07) is 14.6. The Hall–Kier alpha value is -4.71. The van der Waals surface area contributed by atoms with Crippen LogP contribution in [0.2, 0.25) is 0 Å². The molecule has 4 aromatic carbocycles. The molecule has 0 unspecified atom stereocenters. The molecule has 0 atom stereocenters. The van der Waals surface area contributed by atoms with Crippen molar-refractivity contribution in [1.82, 2.24) is 0 Å². The second kappa shape index (κ2) is 14.2. The van der Waals surface area contributed by atoms with Crippen LogP contribution >= 0.6 is 7.82 Å². The van der Waals surface area contributed by atoms with Gasteiger partial charge in [-0.25, -0.2) is 4.57 Å². The Bertz CT molecular complexity index is 1620. The van der Waals surface area contributed by atoms with E-state index in [1.54, 1.807) is 0 Å². The van der Waals surface area contributed by atoms with Crippen molar-refractivity contribution in [1.29, 1.82) is 0 Å². The zero-order valence-corrected chi connectivity index (χ0v) is 25.7. The molecule has 0 aromatic heterocycles. The van der Waals surface area contributed by atoms with E-state index < -0.39 is 65.0 Å². The number of phenols is 6. The van der Waals surface area contributed by atoms with Gasteiger partial charge in [0.15, 0.2) is 11.6 Å². The minimum absolute atomic E-state index is 0. The average molecular weight is 628 g/mol. The fourth-order valence-electron chi connectivity index (χ4n) is 3.74. The predicted molar refractivity (Wildman–Crippen MR) is 151 cm³/mol. The number of phosphoric acid groups is 1. The van der Waals surface area contributed by atoms with E-state index in [4.69, 9.17) is 9.05 Å². The number of ketones is 2. The van der Waals surface area contributed by atoms with Crippen LogP contribution in [-0.4, -0.2) is 42.2 Å². The first-order valence-corrected chi connectivity index (χ1v) is 13.6. The summed E-state index contributed by atoms with van der Waals surface area (Å²) in [7, 11) is -5.34. The zero-order chi connectivity index (χ0) is 31.3. The first-order chi connectivity index (χ1) is 20.3. The molecule has 4 aromatic rings. The summed E-state index contributed by atoms with van der Waals surface area (Å²) in [6.45, 7) is 0. The largest absolute Gasteiger partial charge is 1.00 e. The summed E-state index contributed by atoms with van der Waals surface area (Å²) in [5.41, 5.74) is -0.0127. The van der Waals surface area contributed by atoms with Gasteiger partial charge < -0.3 is 44.6 Å². The molecule has 6 N–H and O–H groups in total. The second-order valence-electron chi connectivity index (χ2n) is 8.88. The molecule has 0 heterocycles. The quantitative estimate of drug-likeness (QED) is 0.0640. The van der Waals surface area contributed by atoms with Gasteiger partial charge in [-0.15, -0.1) is 0 Å². The maximum absolute atomic E-state index is 12.5. The number of hydrogen-bond acceptors (Lipinski definition) is 12. The van der Waals surface area contributed by atoms with Crippen molar-refractivity contribution in [2.45, 2.75) is 0 Å². The van der Waals surface area contributed by atoms with Crippen molar-refractivity contribution in [3.63, 3.8) is 0 Å². The van der Waals surface area contributed by atoms with Gasteiger partial charge in [0.2, 0.25) is 0 Å². The molecule has 14 heteroatoms. The van der Waals surface area contributed by atoms with Crippen LogP contribution in [0.15, 0.2) is 84.9 Å². The van der Waals surface area contributed by atoms with Gasteiger partial charge >= 0.3 is 37.4 Å². The molecule has 0 fully saturated rings. The van der Waals surface area contributed by atoms with Crippen molar-refractivity contribution in [2.24, 2.45) is 0 Å². The number of allylic oxidation sites excluding steroid dienone is 2. The Balaban J connectivity index is 0.00000529. The number of rotatable bonds is 10. The van der Waals surface area contributed by atoms with E-state index in [0.29, 0.717) is 11.1 Å². The Morgan fingerprint density at radius 1 is 0.591 bits per heavy atom. The van der Waals surface area contributed by atoms with Crippen LogP contribution in [0.25, 0.3) is 12.2 Å². The number of phenolic OH excluding ortho intramolecular Hbond substituents is 6. The molecule has 0 aliphatic carbocycles. The third-order valence-corrected chi connectivity index (χ3v) is 6.58. The zero-order valence-electron chi connectivity index (χ0n) is 22.8. The first-order valence-electron chi connectivity index (χ1n) is 12.2. The number of carbonyl (C=O) groups is 2. The van der Waals surface area contributed by atoms with E-state index in [1.165, 1.54) is 60.7 Å². The van der Waals surface area contributed by atoms with Crippen LogP contribution in [0.5, 0.6) is 46.0 Å². The molecule has 0 amide bonds. The van der Waals surface area contributed by atoms with Crippen LogP contribution < -0.4 is 43.5 Å². The van der Waals surface area contributed by atoms with E-state index in [-0.39, 0.29) is 41.1 Å². The summed E-state index contributed by atoms with van der Waals surface area (Å²) in [4.78, 5) is 37.5. The molecule has 44 heavy (non-hydrogen) atoms. The monoisotopic (exact) mass is 628 g/mol. The molecule has 0 aliphatic heterocycles. The van der Waals surface area contributed by atoms with Gasteiger partial charge in [0, 0.05) is 24.3 Å². The summed E-state index contributed by atoms with van der Waals surface area (Å²) in [6.07, 6.45) is 4.81. The molecule has 4 rings (SSSR count). The van der Waals surface area contributed by atoms with Crippen LogP contribution in [0.3, 0.4) is 0 Å². The molecule has 0 spiro atoms. The van der Waals surface area contributed by atoms with Gasteiger partial charge in [-0.2, -0.15) is 0 Å². The van der Waals surface area contributed by atoms with Gasteiger partial charge in [-0.05, 0) is 47.5 Å². The van der Waals surface area contributed by atoms with Gasteiger partial charge in [0.1, 0.15) is 57.1 Å². The number of carbonyl (C=O) groups excluding carboxylic acids is 2. The van der Waals surface area contributed by atoms with Gasteiger partial charge in [0.05, 0.1) is 0 Å². The van der Waals surface area contributed by atoms with Crippen molar-refractivity contribution >= 4 is 31.5 Å². The van der Waals surface area contributed by atoms with Crippen LogP contribution in [0, 0.1) is 0 Å². The van der Waals surface area contributed by atoms with Crippen molar-refractivity contribution in [2.75, 3.05) is 0 Å². The van der Waals surface area contributed by atoms with E-state index in [9.17, 15) is 49.7 Å². The number of aromatic hydroxyl groups is 6. The molecule has 0 bridgehead atoms. The Morgan fingerprint density at radius 3 is 1.18 bits per heavy atom. The van der Waals surface area contributed by atoms with Crippen LogP contribution in [0.4, 0.5) is 0 Å². The van der Waals surface area contributed by atoms with Gasteiger partial charge in [-0.1, -0.05) is 36.4 Å². The molecular weight excluding hydrogens is 606 g/mol. The van der Waals surface area contributed by atoms with Crippen molar-refractivity contribution in [3.8, 4) is 46.0 Å². The van der Waals surface area contributed by atoms with Gasteiger partial charge in [0.25, 0.3) is 0 Å². The Morgan fingerprint density at radius 2 is 0.886 bits per heavy atom. The van der Waals surface area contributed by atoms with Gasteiger partial charge in [-0.3, -0.25) is 9.59 Å². The van der Waals surface area contributed by atoms with Crippen LogP contribution in [0.1, 0.15) is 31.8 Å². The average Bonchev–Trinajstić information content (AvgIpc) is 2.91. The summed E-state index contributed by atoms with van der Waals surface area (Å²) in [5.74, 6) is -6.12. The number of benzene rings is 4. The molecule has 0 radical (unpaired) electrons. The summed E-state index contributed by atoms with van der Waals surface area (Å²) >= 11 is 0. The minimum atomic E-state index is -5.34. The van der Waals surface area contributed by atoms with Crippen molar-refractivity contribution < 1.29 is 88.3 Å². The molecule has 0 saturated carbocycles. The van der Waals surface area contributed by atoms with E-state index in [2.05, 4.69) is 0 Å². The first kappa shape index (κ1) is 33.8. The Labute approximate surface area is 271 Å². The number of phosphoric ester groups is 1. The maximum Gasteiger partial charge on any atom is 1.00 e. The molecule has 0 aliphatic rings. The molecule has 0 saturated heterocycles. The molecular formula is C30H22NaO12P. The summed E-state index contributed by atoms with van der Waals surface area (Å²) < 4.78 is 22.0. The maximum atomic E-state index is 12.5. The molecule has 220 valence electrons. The standard InChI is InChI=1S/C30H23O12P.Na/c31-19-7-1-17(2-8-19)5-11-23(33)29-25(35)13-21(14-26(29)36)41-43(39,40)42-22-15-27(37)30(28(38)16-22)24(34)12-6-18-3-9-20(32)10-4-18;/h1-16,31-32,35-38H,(H,39,40);/q;+1/p-1/b11-5+,12-6+;. The predicted octanol–water partition coefficient (Wildman–Crippen LogP) is 1.64. The fourth-order valence-corrected chi connectivity index (χ4v) is 4.51. The topological polar surface area (TPSA) is 214 Å². The molecule has 12 nitrogen and oxygen atoms in total. The van der Waals surface area contributed by atoms with E-state index >= 15 is 0 Å². The Kier molecular flexibility index (Phi) is 10.9. The fraction of sp³-hybridized carbons (Fsp3) is 0. The normalized spacial score (nSPS) is 11.3. The van der Waals surface area contributed by atoms with E-state index in [1.807, 2.05) is 0 Å². The summed E-state index contributed by atoms with van der Waals surface area (Å²) in [5, 5.41) is 59.7. The third kappa shape index (κ3) is 8.66. The second-order valence-corrected chi connectivity index (χ2v) is 10.1. The third-order valence-electron chi connectivity index (χ3n) is 5.71.